The summed E-state index contributed by atoms with van der Waals surface area (Å²) in [5.41, 5.74) is 4.65. The van der Waals surface area contributed by atoms with Crippen LogP contribution < -0.4 is 11.1 Å². The van der Waals surface area contributed by atoms with E-state index in [2.05, 4.69) is 15.3 Å². The van der Waals surface area contributed by atoms with Crippen LogP contribution in [0.2, 0.25) is 0 Å². The Hall–Kier alpha value is -2.84. The Morgan fingerprint density at radius 2 is 1.77 bits per heavy atom. The topological polar surface area (TPSA) is 90.1 Å². The normalized spacial score (nSPS) is 12.0. The van der Waals surface area contributed by atoms with Gasteiger partial charge in [-0.25, -0.2) is 14.8 Å². The minimum atomic E-state index is -4.60. The second-order valence-corrected chi connectivity index (χ2v) is 6.68. The Bertz CT molecular complexity index is 809. The summed E-state index contributed by atoms with van der Waals surface area (Å²) in [4.78, 5) is 19.7. The number of ether oxygens (including phenoxy) is 1. The molecule has 0 atom stereocenters. The van der Waals surface area contributed by atoms with Gasteiger partial charge in [0.2, 0.25) is 5.95 Å². The van der Waals surface area contributed by atoms with Crippen LogP contribution in [0.15, 0.2) is 24.3 Å². The number of carbonyl (C=O) groups excluding carboxylic acids is 1. The van der Waals surface area contributed by atoms with Crippen molar-refractivity contribution in [2.75, 3.05) is 11.1 Å². The van der Waals surface area contributed by atoms with Crippen LogP contribution in [0.4, 0.5) is 29.6 Å². The van der Waals surface area contributed by atoms with Gasteiger partial charge in [0.05, 0.1) is 11.3 Å². The maximum atomic E-state index is 13.2. The van der Waals surface area contributed by atoms with Crippen LogP contribution in [0.3, 0.4) is 0 Å². The third-order valence-electron chi connectivity index (χ3n) is 3.07. The van der Waals surface area contributed by atoms with Gasteiger partial charge in [0.1, 0.15) is 5.60 Å². The summed E-state index contributed by atoms with van der Waals surface area (Å²) in [5.74, 6) is -0.0564. The number of halogens is 3. The van der Waals surface area contributed by atoms with E-state index in [1.54, 1.807) is 27.7 Å². The largest absolute Gasteiger partial charge is 0.444 e. The Morgan fingerprint density at radius 3 is 2.31 bits per heavy atom. The van der Waals surface area contributed by atoms with E-state index in [0.717, 1.165) is 12.1 Å². The standard InChI is InChI=1S/C17H19F3N4O2/c1-9-5-13(24-14(21)22-9)10-6-11(17(18,19)20)8-12(7-10)23-15(25)26-16(2,3)4/h5-8H,1-4H3,(H,23,25)(H2,21,22,24). The Labute approximate surface area is 148 Å². The molecule has 0 spiro atoms. The molecule has 9 heteroatoms. The molecule has 2 rings (SSSR count). The molecule has 140 valence electrons. The number of nitrogen functional groups attached to an aromatic ring is 1. The summed E-state index contributed by atoms with van der Waals surface area (Å²) in [7, 11) is 0. The number of nitrogens with two attached hydrogens (primary N) is 1. The number of hydrogen-bond donors (Lipinski definition) is 2. The smallest absolute Gasteiger partial charge is 0.416 e. The van der Waals surface area contributed by atoms with Gasteiger partial charge in [-0.15, -0.1) is 0 Å². The number of aromatic nitrogens is 2. The highest BCUT2D eigenvalue weighted by molar-refractivity contribution is 5.86. The first-order valence-electron chi connectivity index (χ1n) is 7.67. The fourth-order valence-electron chi connectivity index (χ4n) is 2.17. The molecule has 0 saturated carbocycles. The van der Waals surface area contributed by atoms with E-state index in [9.17, 15) is 18.0 Å². The summed E-state index contributed by atoms with van der Waals surface area (Å²) < 4.78 is 44.8. The number of nitrogens with one attached hydrogen (secondary N) is 1. The van der Waals surface area contributed by atoms with E-state index >= 15 is 0 Å². The van der Waals surface area contributed by atoms with Crippen molar-refractivity contribution in [3.05, 3.63) is 35.5 Å². The lowest BCUT2D eigenvalue weighted by atomic mass is 10.1. The summed E-state index contributed by atoms with van der Waals surface area (Å²) in [6.07, 6.45) is -5.46. The second-order valence-electron chi connectivity index (χ2n) is 6.68. The molecule has 3 N–H and O–H groups in total. The van der Waals surface area contributed by atoms with Gasteiger partial charge in [0.25, 0.3) is 0 Å². The van der Waals surface area contributed by atoms with Crippen molar-refractivity contribution in [2.45, 2.75) is 39.5 Å². The van der Waals surface area contributed by atoms with Gasteiger partial charge in [-0.3, -0.25) is 5.32 Å². The lowest BCUT2D eigenvalue weighted by Gasteiger charge is -2.20. The van der Waals surface area contributed by atoms with Crippen LogP contribution in [-0.4, -0.2) is 21.7 Å². The number of rotatable bonds is 2. The van der Waals surface area contributed by atoms with Gasteiger partial charge in [0.15, 0.2) is 0 Å². The predicted octanol–water partition coefficient (Wildman–Crippen LogP) is 4.40. The predicted molar refractivity (Wildman–Crippen MR) is 91.5 cm³/mol. The fourth-order valence-corrected chi connectivity index (χ4v) is 2.17. The van der Waals surface area contributed by atoms with E-state index in [1.165, 1.54) is 12.1 Å². The van der Waals surface area contributed by atoms with E-state index in [4.69, 9.17) is 10.5 Å². The number of aryl methyl sites for hydroxylation is 1. The van der Waals surface area contributed by atoms with E-state index in [0.29, 0.717) is 5.69 Å². The minimum Gasteiger partial charge on any atom is -0.444 e. The van der Waals surface area contributed by atoms with Crippen LogP contribution in [0.1, 0.15) is 32.0 Å². The highest BCUT2D eigenvalue weighted by Crippen LogP contribution is 2.34. The number of alkyl halides is 3. The van der Waals surface area contributed by atoms with Crippen LogP contribution in [-0.2, 0) is 10.9 Å². The molecule has 0 radical (unpaired) electrons. The van der Waals surface area contributed by atoms with E-state index < -0.39 is 23.4 Å². The molecule has 0 unspecified atom stereocenters. The molecule has 1 aromatic heterocycles. The number of nitrogens with zero attached hydrogens (tertiary/aromatic N) is 2. The van der Waals surface area contributed by atoms with Gasteiger partial charge in [-0.05, 0) is 52.0 Å². The van der Waals surface area contributed by atoms with Crippen molar-refractivity contribution in [3.63, 3.8) is 0 Å². The zero-order valence-electron chi connectivity index (χ0n) is 14.7. The molecule has 0 aliphatic carbocycles. The lowest BCUT2D eigenvalue weighted by molar-refractivity contribution is -0.137. The monoisotopic (exact) mass is 368 g/mol. The van der Waals surface area contributed by atoms with Gasteiger partial charge < -0.3 is 10.5 Å². The summed E-state index contributed by atoms with van der Waals surface area (Å²) in [6.45, 7) is 6.60. The molecule has 0 saturated heterocycles. The first kappa shape index (κ1) is 19.5. The first-order chi connectivity index (χ1) is 11.8. The van der Waals surface area contributed by atoms with Gasteiger partial charge in [-0.2, -0.15) is 13.2 Å². The highest BCUT2D eigenvalue weighted by Gasteiger charge is 2.32. The van der Waals surface area contributed by atoms with Crippen molar-refractivity contribution in [1.82, 2.24) is 9.97 Å². The molecule has 0 aliphatic heterocycles. The molecule has 1 amide bonds. The SMILES string of the molecule is Cc1cc(-c2cc(NC(=O)OC(C)(C)C)cc(C(F)(F)F)c2)nc(N)n1. The van der Waals surface area contributed by atoms with Gasteiger partial charge in [0, 0.05) is 16.9 Å². The molecular formula is C17H19F3N4O2. The molecule has 1 aromatic carbocycles. The summed E-state index contributed by atoms with van der Waals surface area (Å²) in [6, 6.07) is 4.62. The molecular weight excluding hydrogens is 349 g/mol. The summed E-state index contributed by atoms with van der Waals surface area (Å²) in [5, 5.41) is 2.31. The average molecular weight is 368 g/mol. The maximum absolute atomic E-state index is 13.2. The molecule has 0 aliphatic rings. The number of hydrogen-bond acceptors (Lipinski definition) is 5. The van der Waals surface area contributed by atoms with Crippen molar-refractivity contribution < 1.29 is 22.7 Å². The lowest BCUT2D eigenvalue weighted by Crippen LogP contribution is -2.27. The molecule has 26 heavy (non-hydrogen) atoms. The zero-order valence-corrected chi connectivity index (χ0v) is 14.7. The first-order valence-corrected chi connectivity index (χ1v) is 7.67. The number of anilines is 2. The van der Waals surface area contributed by atoms with Crippen molar-refractivity contribution in [1.29, 1.82) is 0 Å². The Kier molecular flexibility index (Phi) is 5.11. The van der Waals surface area contributed by atoms with Gasteiger partial charge in [-0.1, -0.05) is 0 Å². The van der Waals surface area contributed by atoms with E-state index in [-0.39, 0.29) is 22.9 Å². The average Bonchev–Trinajstić information content (AvgIpc) is 2.42. The number of carbonyl (C=O) groups is 1. The van der Waals surface area contributed by atoms with E-state index in [1.807, 2.05) is 0 Å². The summed E-state index contributed by atoms with van der Waals surface area (Å²) >= 11 is 0. The third kappa shape index (κ3) is 5.33. The molecule has 6 nitrogen and oxygen atoms in total. The van der Waals surface area contributed by atoms with Crippen LogP contribution >= 0.6 is 0 Å². The number of benzene rings is 1. The third-order valence-corrected chi connectivity index (χ3v) is 3.07. The molecule has 2 aromatic rings. The fraction of sp³-hybridized carbons (Fsp3) is 0.353. The molecule has 0 fully saturated rings. The molecule has 1 heterocycles. The van der Waals surface area contributed by atoms with Gasteiger partial charge >= 0.3 is 12.3 Å². The van der Waals surface area contributed by atoms with Crippen LogP contribution in [0.25, 0.3) is 11.3 Å². The number of amides is 1. The van der Waals surface area contributed by atoms with Crippen molar-refractivity contribution in [2.24, 2.45) is 0 Å². The van der Waals surface area contributed by atoms with Crippen molar-refractivity contribution in [3.8, 4) is 11.3 Å². The maximum Gasteiger partial charge on any atom is 0.416 e. The Morgan fingerprint density at radius 1 is 1.12 bits per heavy atom. The Balaban J connectivity index is 2.47. The highest BCUT2D eigenvalue weighted by atomic mass is 19.4. The van der Waals surface area contributed by atoms with Crippen LogP contribution in [0.5, 0.6) is 0 Å². The zero-order chi connectivity index (χ0) is 19.7. The minimum absolute atomic E-state index is 0.0564. The molecule has 0 bridgehead atoms. The quantitative estimate of drug-likeness (QED) is 0.820. The second kappa shape index (κ2) is 6.81. The van der Waals surface area contributed by atoms with Crippen molar-refractivity contribution >= 4 is 17.7 Å². The van der Waals surface area contributed by atoms with Crippen LogP contribution in [0, 0.1) is 6.92 Å².